The Balaban J connectivity index is 0.000000108. The van der Waals surface area contributed by atoms with Crippen LogP contribution in [0.3, 0.4) is 0 Å². The molecule has 3 aliphatic rings. The Kier molecular flexibility index (Phi) is 21.3. The molecule has 30 rings (SSSR count). The van der Waals surface area contributed by atoms with Crippen molar-refractivity contribution in [1.82, 2.24) is 44.9 Å². The van der Waals surface area contributed by atoms with Gasteiger partial charge in [0.05, 0.1) is 16.2 Å². The Hall–Kier alpha value is -20.0. The molecule has 12 heteroatoms. The molecule has 0 fully saturated rings. The van der Waals surface area contributed by atoms with E-state index in [-0.39, 0.29) is 0 Å². The summed E-state index contributed by atoms with van der Waals surface area (Å²) in [4.78, 5) is 45.5. The third kappa shape index (κ3) is 14.5. The van der Waals surface area contributed by atoms with Gasteiger partial charge in [-0.25, -0.2) is 44.9 Å². The highest BCUT2D eigenvalue weighted by Crippen LogP contribution is 2.60. The van der Waals surface area contributed by atoms with E-state index in [0.29, 0.717) is 52.4 Å². The molecule has 0 amide bonds. The summed E-state index contributed by atoms with van der Waals surface area (Å²) < 4.78 is 18.6. The minimum atomic E-state index is -0.468. The highest BCUT2D eigenvalue weighted by atomic mass is 16.3. The van der Waals surface area contributed by atoms with Crippen molar-refractivity contribution in [2.45, 2.75) is 16.2 Å². The van der Waals surface area contributed by atoms with E-state index in [2.05, 4.69) is 352 Å². The first-order valence-corrected chi connectivity index (χ1v) is 50.6. The summed E-state index contributed by atoms with van der Waals surface area (Å²) in [5.41, 5.74) is 34.5. The maximum absolute atomic E-state index is 6.23. The molecule has 27 aromatic rings. The molecule has 0 radical (unpaired) electrons. The van der Waals surface area contributed by atoms with Gasteiger partial charge in [-0.1, -0.05) is 473 Å². The topological polar surface area (TPSA) is 155 Å². The zero-order valence-corrected chi connectivity index (χ0v) is 81.0. The fourth-order valence-electron chi connectivity index (χ4n) is 23.5. The molecule has 702 valence electrons. The second kappa shape index (κ2) is 36.4. The molecule has 12 nitrogen and oxygen atoms in total. The molecule has 0 atom stereocenters. The number of hydrogen-bond donors (Lipinski definition) is 0. The summed E-state index contributed by atoms with van der Waals surface area (Å²) in [5.74, 6) is 5.55. The van der Waals surface area contributed by atoms with Crippen LogP contribution in [0.2, 0.25) is 0 Å². The fraction of sp³-hybridized carbons (Fsp3) is 0.0217. The number of aromatic nitrogens is 9. The summed E-state index contributed by atoms with van der Waals surface area (Å²) in [5, 5.41) is 6.30. The Morgan fingerprint density at radius 2 is 0.347 bits per heavy atom. The lowest BCUT2D eigenvalue weighted by Gasteiger charge is -2.34. The molecule has 0 saturated carbocycles. The first kappa shape index (κ1) is 87.8. The van der Waals surface area contributed by atoms with Crippen molar-refractivity contribution in [3.8, 4) is 136 Å². The van der Waals surface area contributed by atoms with Crippen LogP contribution < -0.4 is 0 Å². The Labute approximate surface area is 864 Å². The van der Waals surface area contributed by atoms with Gasteiger partial charge in [-0.3, -0.25) is 0 Å². The van der Waals surface area contributed by atoms with Crippen molar-refractivity contribution in [2.75, 3.05) is 0 Å². The molecule has 0 bridgehead atoms. The molecular formula is C138H87N9O3. The van der Waals surface area contributed by atoms with Crippen molar-refractivity contribution in [3.63, 3.8) is 0 Å². The highest BCUT2D eigenvalue weighted by molar-refractivity contribution is 6.12. The molecule has 6 aromatic heterocycles. The predicted molar refractivity (Wildman–Crippen MR) is 602 cm³/mol. The van der Waals surface area contributed by atoms with Crippen molar-refractivity contribution in [2.24, 2.45) is 0 Å². The quantitative estimate of drug-likeness (QED) is 0.0959. The molecule has 0 aliphatic heterocycles. The lowest BCUT2D eigenvalue weighted by Crippen LogP contribution is -2.28. The number of hydrogen-bond acceptors (Lipinski definition) is 12. The van der Waals surface area contributed by atoms with Crippen LogP contribution in [-0.2, 0) is 16.2 Å². The minimum absolute atomic E-state index is 0.463. The fourth-order valence-corrected chi connectivity index (χ4v) is 23.5. The van der Waals surface area contributed by atoms with Crippen LogP contribution in [0.15, 0.2) is 541 Å². The van der Waals surface area contributed by atoms with Gasteiger partial charge < -0.3 is 13.3 Å². The van der Waals surface area contributed by atoms with Crippen molar-refractivity contribution >= 4 is 65.8 Å². The van der Waals surface area contributed by atoms with E-state index < -0.39 is 16.2 Å². The number of para-hydroxylation sites is 3. The first-order valence-electron chi connectivity index (χ1n) is 50.6. The summed E-state index contributed by atoms with van der Waals surface area (Å²) >= 11 is 0. The van der Waals surface area contributed by atoms with Crippen LogP contribution >= 0.6 is 0 Å². The third-order valence-corrected chi connectivity index (χ3v) is 30.1. The molecular weight excluding hydrogens is 1830 g/mol. The SMILES string of the molecule is c1ccc(-c2nc(-c3ccc(C4(c5ccccc5)c5ccccc5-c5ccccc54)cc3)nc(-c3ccc4c(c3)oc3ccccc34)n2)cc1.c1ccc(-c2nc(-c3ccc(C4(c5ccccc5)c5ccccc5-c5ccccc54)cc3)nc(-c3ccc4oc5ccccc5c4c3)n2)cc1.c1ccc(-c2nc(-c3ccc(C4(c5ccccc5)c5ccccc5-c5ccccc54)cc3)nc(-c3cccc4oc5ccccc5c34)n2)cc1. The monoisotopic (exact) mass is 1920 g/mol. The largest absolute Gasteiger partial charge is 0.456 e. The van der Waals surface area contributed by atoms with E-state index in [1.54, 1.807) is 0 Å². The molecule has 0 saturated heterocycles. The van der Waals surface area contributed by atoms with E-state index in [1.165, 1.54) is 100 Å². The Bertz CT molecular complexity index is 9750. The zero-order chi connectivity index (χ0) is 99.2. The van der Waals surface area contributed by atoms with Gasteiger partial charge in [0.25, 0.3) is 0 Å². The van der Waals surface area contributed by atoms with Crippen molar-refractivity contribution in [3.05, 3.63) is 595 Å². The van der Waals surface area contributed by atoms with Crippen molar-refractivity contribution < 1.29 is 13.3 Å². The lowest BCUT2D eigenvalue weighted by molar-refractivity contribution is 0.668. The second-order valence-corrected chi connectivity index (χ2v) is 38.3. The van der Waals surface area contributed by atoms with Gasteiger partial charge >= 0.3 is 0 Å². The van der Waals surface area contributed by atoms with Crippen LogP contribution in [-0.4, -0.2) is 44.9 Å². The van der Waals surface area contributed by atoms with Gasteiger partial charge in [0.15, 0.2) is 52.4 Å². The Morgan fingerprint density at radius 1 is 0.127 bits per heavy atom. The number of benzene rings is 21. The van der Waals surface area contributed by atoms with Crippen LogP contribution in [0, 0.1) is 0 Å². The zero-order valence-electron chi connectivity index (χ0n) is 81.0. The number of fused-ring (bicyclic) bond motifs is 18. The summed E-state index contributed by atoms with van der Waals surface area (Å²) in [6.07, 6.45) is 0. The number of rotatable bonds is 15. The number of nitrogens with zero attached hydrogens (tertiary/aromatic N) is 9. The minimum Gasteiger partial charge on any atom is -0.456 e. The predicted octanol–water partition coefficient (Wildman–Crippen LogP) is 33.4. The van der Waals surface area contributed by atoms with E-state index in [1.807, 2.05) is 176 Å². The maximum atomic E-state index is 6.23. The van der Waals surface area contributed by atoms with Crippen LogP contribution in [0.1, 0.15) is 66.8 Å². The maximum Gasteiger partial charge on any atom is 0.164 e. The summed E-state index contributed by atoms with van der Waals surface area (Å²) in [6, 6.07) is 185. The van der Waals surface area contributed by atoms with Gasteiger partial charge in [0, 0.05) is 82.4 Å². The van der Waals surface area contributed by atoms with E-state index >= 15 is 0 Å². The standard InChI is InChI=1S/3C46H29N3O/c1-3-14-30(15-4-1)43-47-44(49-45(48-43)37-21-13-25-41-42(37)36-20-9-12-24-40(36)50-41)31-26-28-33(29-27-31)46(32-16-5-2-6-17-32)38-22-10-7-18-34(38)35-19-8-11-23-39(35)46;1-3-13-30(14-4-1)43-47-44(49-45(48-43)32-25-28-42-38(29-32)37-19-9-12-22-41(37)50-42)31-23-26-34(27-24-31)46(33-15-5-2-6-16-33)39-20-10-7-17-35(39)36-18-8-11-21-40(36)46;1-3-13-30(14-4-1)43-47-44(49-45(48-43)32-25-28-38-37-19-9-12-22-41(37)50-42(38)29-32)31-23-26-34(27-24-31)46(33-15-5-2-6-16-33)39-20-10-7-17-35(39)36-18-8-11-21-40(36)46/h3*1-29H. The van der Waals surface area contributed by atoms with Crippen molar-refractivity contribution in [1.29, 1.82) is 0 Å². The van der Waals surface area contributed by atoms with Gasteiger partial charge in [-0.2, -0.15) is 0 Å². The van der Waals surface area contributed by atoms with Gasteiger partial charge in [0.1, 0.15) is 33.5 Å². The third-order valence-electron chi connectivity index (χ3n) is 30.1. The van der Waals surface area contributed by atoms with Gasteiger partial charge in [0.2, 0.25) is 0 Å². The first-order chi connectivity index (χ1) is 74.3. The van der Waals surface area contributed by atoms with Crippen LogP contribution in [0.5, 0.6) is 0 Å². The van der Waals surface area contributed by atoms with Crippen LogP contribution in [0.4, 0.5) is 0 Å². The molecule has 0 spiro atoms. The molecule has 6 heterocycles. The lowest BCUT2D eigenvalue weighted by atomic mass is 9.67. The second-order valence-electron chi connectivity index (χ2n) is 38.3. The smallest absolute Gasteiger partial charge is 0.164 e. The molecule has 0 unspecified atom stereocenters. The molecule has 0 N–H and O–H groups in total. The highest BCUT2D eigenvalue weighted by Gasteiger charge is 2.49. The molecule has 150 heavy (non-hydrogen) atoms. The average molecular weight is 1920 g/mol. The Morgan fingerprint density at radius 3 is 0.707 bits per heavy atom. The molecule has 3 aliphatic carbocycles. The van der Waals surface area contributed by atoms with Gasteiger partial charge in [-0.15, -0.1) is 0 Å². The van der Waals surface area contributed by atoms with Gasteiger partial charge in [-0.05, 0) is 155 Å². The summed E-state index contributed by atoms with van der Waals surface area (Å²) in [6.45, 7) is 0. The van der Waals surface area contributed by atoms with E-state index in [0.717, 1.165) is 116 Å². The average Bonchev–Trinajstić information content (AvgIpc) is 1.54. The van der Waals surface area contributed by atoms with E-state index in [9.17, 15) is 0 Å². The summed E-state index contributed by atoms with van der Waals surface area (Å²) in [7, 11) is 0. The van der Waals surface area contributed by atoms with E-state index in [4.69, 9.17) is 58.1 Å². The molecule has 21 aromatic carbocycles. The normalized spacial score (nSPS) is 13.0. The van der Waals surface area contributed by atoms with Crippen LogP contribution in [0.25, 0.3) is 202 Å². The number of furan rings is 3.